The molecule has 0 bridgehead atoms. The topological polar surface area (TPSA) is 377 Å². The van der Waals surface area contributed by atoms with Crippen LogP contribution in [0.5, 0.6) is 0 Å². The molecule has 22 heteroatoms. The van der Waals surface area contributed by atoms with Gasteiger partial charge >= 0.3 is 17.9 Å². The van der Waals surface area contributed by atoms with Crippen molar-refractivity contribution in [2.24, 2.45) is 28.1 Å². The lowest BCUT2D eigenvalue weighted by atomic mass is 9.97. The van der Waals surface area contributed by atoms with Gasteiger partial charge in [0.2, 0.25) is 35.4 Å². The summed E-state index contributed by atoms with van der Waals surface area (Å²) in [7, 11) is 0. The molecule has 0 saturated carbocycles. The zero-order valence-electron chi connectivity index (χ0n) is 31.3. The normalized spacial score (nSPS) is 14.4. The molecule has 15 N–H and O–H groups in total. The number of nitrogens with two attached hydrogens (primary N) is 3. The van der Waals surface area contributed by atoms with Crippen molar-refractivity contribution in [2.75, 3.05) is 13.1 Å². The molecule has 0 aromatic heterocycles. The molecule has 1 aromatic rings. The molecule has 7 atom stereocenters. The molecule has 0 aliphatic heterocycles. The van der Waals surface area contributed by atoms with Gasteiger partial charge in [0.05, 0.1) is 25.4 Å². The van der Waals surface area contributed by atoms with Crippen LogP contribution in [0.15, 0.2) is 35.3 Å². The van der Waals surface area contributed by atoms with Gasteiger partial charge in [0.1, 0.15) is 30.2 Å². The summed E-state index contributed by atoms with van der Waals surface area (Å²) in [6.45, 7) is 3.86. The quantitative estimate of drug-likeness (QED) is 0.0257. The Bertz CT molecular complexity index is 1590. The highest BCUT2D eigenvalue weighted by Crippen LogP contribution is 2.10. The lowest BCUT2D eigenvalue weighted by Gasteiger charge is -2.28. The molecular formula is C34H52N10O12. The minimum absolute atomic E-state index is 0.0325. The van der Waals surface area contributed by atoms with Gasteiger partial charge in [0, 0.05) is 6.54 Å². The van der Waals surface area contributed by atoms with Gasteiger partial charge in [-0.25, -0.2) is 4.79 Å². The second kappa shape index (κ2) is 24.2. The number of guanidine groups is 1. The first-order valence-corrected chi connectivity index (χ1v) is 17.5. The number of nitrogens with one attached hydrogen (secondary N) is 6. The minimum atomic E-state index is -1.80. The number of benzene rings is 1. The molecule has 0 heterocycles. The van der Waals surface area contributed by atoms with Crippen molar-refractivity contribution in [1.29, 1.82) is 0 Å². The fourth-order valence-electron chi connectivity index (χ4n) is 4.93. The van der Waals surface area contributed by atoms with E-state index in [0.717, 1.165) is 5.56 Å². The van der Waals surface area contributed by atoms with Crippen molar-refractivity contribution in [3.05, 3.63) is 35.9 Å². The Kier molecular flexibility index (Phi) is 20.6. The van der Waals surface area contributed by atoms with Crippen LogP contribution in [0, 0.1) is 5.92 Å². The highest BCUT2D eigenvalue weighted by Gasteiger charge is 2.34. The van der Waals surface area contributed by atoms with Crippen LogP contribution in [0.25, 0.3) is 0 Å². The molecule has 0 fully saturated rings. The Morgan fingerprint density at radius 3 is 1.84 bits per heavy atom. The van der Waals surface area contributed by atoms with Crippen LogP contribution in [-0.2, 0) is 49.6 Å². The number of hydrogen-bond donors (Lipinski definition) is 12. The maximum Gasteiger partial charge on any atom is 0.326 e. The van der Waals surface area contributed by atoms with Crippen LogP contribution in [0.1, 0.15) is 58.4 Å². The number of rotatable bonds is 25. The van der Waals surface area contributed by atoms with E-state index >= 15 is 0 Å². The molecule has 1 rings (SSSR count). The molecule has 0 aliphatic rings. The third-order valence-electron chi connectivity index (χ3n) is 8.21. The van der Waals surface area contributed by atoms with Crippen molar-refractivity contribution in [3.8, 4) is 0 Å². The number of carbonyl (C=O) groups is 9. The maximum atomic E-state index is 13.5. The minimum Gasteiger partial charge on any atom is -0.481 e. The Morgan fingerprint density at radius 1 is 0.714 bits per heavy atom. The van der Waals surface area contributed by atoms with Gasteiger partial charge in [-0.2, -0.15) is 0 Å². The van der Waals surface area contributed by atoms with E-state index in [1.165, 1.54) is 6.92 Å². The Hall–Kier alpha value is -6.32. The number of amides is 6. The summed E-state index contributed by atoms with van der Waals surface area (Å²) in [4.78, 5) is 116. The summed E-state index contributed by atoms with van der Waals surface area (Å²) >= 11 is 0. The molecule has 0 saturated heterocycles. The Labute approximate surface area is 322 Å². The lowest BCUT2D eigenvalue weighted by Crippen LogP contribution is -2.60. The predicted molar refractivity (Wildman–Crippen MR) is 198 cm³/mol. The van der Waals surface area contributed by atoms with Crippen molar-refractivity contribution >= 4 is 59.3 Å². The van der Waals surface area contributed by atoms with Crippen LogP contribution in [0.2, 0.25) is 0 Å². The van der Waals surface area contributed by atoms with E-state index in [1.807, 2.05) is 5.32 Å². The fraction of sp³-hybridized carbons (Fsp3) is 0.529. The monoisotopic (exact) mass is 792 g/mol. The van der Waals surface area contributed by atoms with E-state index in [1.54, 1.807) is 44.2 Å². The van der Waals surface area contributed by atoms with Gasteiger partial charge in [-0.05, 0) is 37.7 Å². The predicted octanol–water partition coefficient (Wildman–Crippen LogP) is -3.75. The van der Waals surface area contributed by atoms with Crippen LogP contribution in [0.4, 0.5) is 0 Å². The third-order valence-corrected chi connectivity index (χ3v) is 8.21. The largest absolute Gasteiger partial charge is 0.481 e. The Morgan fingerprint density at radius 2 is 1.29 bits per heavy atom. The summed E-state index contributed by atoms with van der Waals surface area (Å²) in [5, 5.41) is 41.5. The number of nitrogens with zero attached hydrogens (tertiary/aromatic N) is 1. The molecule has 0 aliphatic carbocycles. The van der Waals surface area contributed by atoms with Gasteiger partial charge in [-0.1, -0.05) is 50.6 Å². The van der Waals surface area contributed by atoms with Crippen LogP contribution < -0.4 is 49.1 Å². The third kappa shape index (κ3) is 18.1. The van der Waals surface area contributed by atoms with Crippen molar-refractivity contribution < 1.29 is 58.5 Å². The zero-order chi connectivity index (χ0) is 42.5. The second-order valence-electron chi connectivity index (χ2n) is 12.8. The van der Waals surface area contributed by atoms with Crippen LogP contribution in [-0.4, -0.2) is 124 Å². The van der Waals surface area contributed by atoms with Gasteiger partial charge < -0.3 is 64.4 Å². The lowest BCUT2D eigenvalue weighted by molar-refractivity contribution is -0.147. The van der Waals surface area contributed by atoms with Crippen molar-refractivity contribution in [1.82, 2.24) is 31.9 Å². The highest BCUT2D eigenvalue weighted by molar-refractivity contribution is 5.97. The van der Waals surface area contributed by atoms with E-state index < -0.39 is 115 Å². The van der Waals surface area contributed by atoms with E-state index in [9.17, 15) is 53.4 Å². The molecular weight excluding hydrogens is 740 g/mol. The fourth-order valence-corrected chi connectivity index (χ4v) is 4.93. The average molecular weight is 793 g/mol. The zero-order valence-corrected chi connectivity index (χ0v) is 31.3. The van der Waals surface area contributed by atoms with Gasteiger partial charge in [-0.3, -0.25) is 43.3 Å². The Balaban J connectivity index is 3.12. The van der Waals surface area contributed by atoms with Gasteiger partial charge in [0.15, 0.2) is 5.96 Å². The first kappa shape index (κ1) is 47.7. The molecule has 310 valence electrons. The molecule has 56 heavy (non-hydrogen) atoms. The summed E-state index contributed by atoms with van der Waals surface area (Å²) in [6, 6.07) is 0.107. The molecule has 1 aromatic carbocycles. The second-order valence-corrected chi connectivity index (χ2v) is 12.8. The number of carboxylic acids is 3. The number of hydrogen-bond acceptors (Lipinski definition) is 11. The number of aliphatic imine (C=N–C) groups is 1. The molecule has 0 unspecified atom stereocenters. The summed E-state index contributed by atoms with van der Waals surface area (Å²) in [5.74, 6) is -11.1. The van der Waals surface area contributed by atoms with E-state index in [4.69, 9.17) is 22.3 Å². The van der Waals surface area contributed by atoms with E-state index in [0.29, 0.717) is 0 Å². The SMILES string of the molecule is CC[C@H](C)[C@H](NC(=O)[C@H](CC(=O)O)NC(=O)[C@H](CCCN=C(N)N)NC(=O)CNC(=O)[C@@H](N)Cc1ccccc1)C(=O)N[C@@H](C)C(=O)N[C@@H](CC(=O)O)C(=O)O. The first-order valence-electron chi connectivity index (χ1n) is 17.5. The first-order chi connectivity index (χ1) is 26.2. The van der Waals surface area contributed by atoms with E-state index in [-0.39, 0.29) is 38.2 Å². The molecule has 6 amide bonds. The summed E-state index contributed by atoms with van der Waals surface area (Å²) in [5.41, 5.74) is 17.5. The average Bonchev–Trinajstić information content (AvgIpc) is 3.12. The standard InChI is InChI=1S/C34H52N10O12/c1-4-17(2)27(32(54)40-18(3)28(50)43-23(33(55)56)15-26(48)49)44-31(53)22(14-25(46)47)42-30(52)21(11-8-12-38-34(36)37)41-24(45)16-39-29(51)20(35)13-19-9-6-5-7-10-19/h5-7,9-10,17-18,20-23,27H,4,8,11-16,35H2,1-3H3,(H,39,51)(H,40,54)(H,41,45)(H,42,52)(H,43,50)(H,44,53)(H,46,47)(H,48,49)(H,55,56)(H4,36,37,38)/t17-,18-,20-,21-,22-,23-,27-/m0/s1. The molecule has 22 nitrogen and oxygen atoms in total. The maximum absolute atomic E-state index is 13.5. The van der Waals surface area contributed by atoms with Gasteiger partial charge in [-0.15, -0.1) is 0 Å². The van der Waals surface area contributed by atoms with Crippen LogP contribution >= 0.6 is 0 Å². The van der Waals surface area contributed by atoms with E-state index in [2.05, 4.69) is 31.6 Å². The molecule has 0 radical (unpaired) electrons. The molecule has 0 spiro atoms. The number of carbonyl (C=O) groups excluding carboxylic acids is 6. The summed E-state index contributed by atoms with van der Waals surface area (Å²) in [6.07, 6.45) is -1.41. The number of carboxylic acid groups (broad SMARTS) is 3. The smallest absolute Gasteiger partial charge is 0.326 e. The number of aliphatic carboxylic acids is 3. The van der Waals surface area contributed by atoms with Gasteiger partial charge in [0.25, 0.3) is 0 Å². The van der Waals surface area contributed by atoms with Crippen molar-refractivity contribution in [2.45, 2.75) is 95.5 Å². The summed E-state index contributed by atoms with van der Waals surface area (Å²) < 4.78 is 0. The van der Waals surface area contributed by atoms with Crippen LogP contribution in [0.3, 0.4) is 0 Å². The van der Waals surface area contributed by atoms with Crippen molar-refractivity contribution in [3.63, 3.8) is 0 Å². The highest BCUT2D eigenvalue weighted by atomic mass is 16.4.